The fourth-order valence-electron chi connectivity index (χ4n) is 3.21. The van der Waals surface area contributed by atoms with Crippen molar-refractivity contribution in [1.29, 1.82) is 0 Å². The van der Waals surface area contributed by atoms with Crippen molar-refractivity contribution in [1.82, 2.24) is 15.5 Å². The quantitative estimate of drug-likeness (QED) is 0.787. The summed E-state index contributed by atoms with van der Waals surface area (Å²) in [4.78, 5) is 26.6. The zero-order valence-electron chi connectivity index (χ0n) is 14.1. The van der Waals surface area contributed by atoms with Gasteiger partial charge in [-0.05, 0) is 24.1 Å². The minimum absolute atomic E-state index is 0.00872. The summed E-state index contributed by atoms with van der Waals surface area (Å²) < 4.78 is 5.17. The van der Waals surface area contributed by atoms with Gasteiger partial charge < -0.3 is 20.3 Å². The van der Waals surface area contributed by atoms with Crippen LogP contribution in [0.15, 0.2) is 35.5 Å². The molecule has 128 valence electrons. The zero-order chi connectivity index (χ0) is 17.1. The Labute approximate surface area is 141 Å². The van der Waals surface area contributed by atoms with E-state index in [-0.39, 0.29) is 11.9 Å². The van der Waals surface area contributed by atoms with Crippen molar-refractivity contribution >= 4 is 11.9 Å². The number of nitrogens with one attached hydrogen (secondary N) is 2. The Kier molecular flexibility index (Phi) is 4.74. The normalized spacial score (nSPS) is 19.9. The Hall–Kier alpha value is -2.50. The third-order valence-electron chi connectivity index (χ3n) is 4.50. The van der Waals surface area contributed by atoms with Crippen molar-refractivity contribution in [3.8, 4) is 5.75 Å². The maximum atomic E-state index is 12.8. The summed E-state index contributed by atoms with van der Waals surface area (Å²) in [6.45, 7) is 3.35. The first-order valence-electron chi connectivity index (χ1n) is 8.37. The minimum atomic E-state index is -0.414. The average Bonchev–Trinajstić information content (AvgIpc) is 2.90. The van der Waals surface area contributed by atoms with E-state index >= 15 is 0 Å². The number of carbonyl (C=O) groups excluding carboxylic acids is 2. The lowest BCUT2D eigenvalue weighted by Crippen LogP contribution is -2.44. The lowest BCUT2D eigenvalue weighted by Gasteiger charge is -2.25. The van der Waals surface area contributed by atoms with Crippen LogP contribution in [0.5, 0.6) is 5.75 Å². The van der Waals surface area contributed by atoms with E-state index in [9.17, 15) is 9.59 Å². The van der Waals surface area contributed by atoms with Gasteiger partial charge >= 0.3 is 6.03 Å². The SMILES string of the molecule is CCCCCN1CC2=C(C1=O)[C@@H](c1ccc(OC)cc1)NC(=O)N2. The van der Waals surface area contributed by atoms with Crippen LogP contribution < -0.4 is 15.4 Å². The summed E-state index contributed by atoms with van der Waals surface area (Å²) >= 11 is 0. The molecule has 0 saturated heterocycles. The predicted molar refractivity (Wildman–Crippen MR) is 90.5 cm³/mol. The van der Waals surface area contributed by atoms with Crippen LogP contribution in [0.3, 0.4) is 0 Å². The third-order valence-corrected chi connectivity index (χ3v) is 4.50. The van der Waals surface area contributed by atoms with E-state index in [1.807, 2.05) is 29.2 Å². The van der Waals surface area contributed by atoms with Gasteiger partial charge in [-0.2, -0.15) is 0 Å². The highest BCUT2D eigenvalue weighted by molar-refractivity contribution is 6.01. The Morgan fingerprint density at radius 2 is 1.96 bits per heavy atom. The van der Waals surface area contributed by atoms with E-state index in [0.29, 0.717) is 12.1 Å². The summed E-state index contributed by atoms with van der Waals surface area (Å²) in [5, 5.41) is 5.66. The molecule has 0 radical (unpaired) electrons. The molecule has 24 heavy (non-hydrogen) atoms. The van der Waals surface area contributed by atoms with Crippen molar-refractivity contribution < 1.29 is 14.3 Å². The molecular formula is C18H23N3O3. The van der Waals surface area contributed by atoms with Gasteiger partial charge in [-0.3, -0.25) is 4.79 Å². The molecule has 1 aromatic rings. The maximum Gasteiger partial charge on any atom is 0.319 e. The monoisotopic (exact) mass is 329 g/mol. The van der Waals surface area contributed by atoms with Crippen LogP contribution in [0, 0.1) is 0 Å². The molecule has 0 spiro atoms. The predicted octanol–water partition coefficient (Wildman–Crippen LogP) is 2.34. The van der Waals surface area contributed by atoms with E-state index in [1.165, 1.54) is 0 Å². The van der Waals surface area contributed by atoms with Crippen LogP contribution in [0.4, 0.5) is 4.79 Å². The molecule has 0 saturated carbocycles. The zero-order valence-corrected chi connectivity index (χ0v) is 14.1. The molecular weight excluding hydrogens is 306 g/mol. The molecule has 0 aliphatic carbocycles. The molecule has 6 heteroatoms. The van der Waals surface area contributed by atoms with Gasteiger partial charge in [-0.25, -0.2) is 4.79 Å². The molecule has 2 N–H and O–H groups in total. The van der Waals surface area contributed by atoms with E-state index in [0.717, 1.165) is 42.8 Å². The fourth-order valence-corrected chi connectivity index (χ4v) is 3.21. The summed E-state index contributed by atoms with van der Waals surface area (Å²) in [7, 11) is 1.61. The van der Waals surface area contributed by atoms with Gasteiger partial charge in [0, 0.05) is 6.54 Å². The van der Waals surface area contributed by atoms with Gasteiger partial charge in [0.1, 0.15) is 5.75 Å². The number of benzene rings is 1. The molecule has 1 atom stereocenters. The third kappa shape index (κ3) is 3.09. The Morgan fingerprint density at radius 1 is 1.21 bits per heavy atom. The maximum absolute atomic E-state index is 12.8. The molecule has 0 unspecified atom stereocenters. The van der Waals surface area contributed by atoms with Gasteiger partial charge in [-0.1, -0.05) is 31.9 Å². The number of hydrogen-bond acceptors (Lipinski definition) is 3. The van der Waals surface area contributed by atoms with Gasteiger partial charge in [0.15, 0.2) is 0 Å². The van der Waals surface area contributed by atoms with E-state index in [4.69, 9.17) is 4.74 Å². The van der Waals surface area contributed by atoms with Crippen molar-refractivity contribution in [3.05, 3.63) is 41.1 Å². The molecule has 6 nitrogen and oxygen atoms in total. The molecule has 3 rings (SSSR count). The second-order valence-electron chi connectivity index (χ2n) is 6.13. The highest BCUT2D eigenvalue weighted by Gasteiger charge is 2.39. The van der Waals surface area contributed by atoms with E-state index in [2.05, 4.69) is 17.6 Å². The number of rotatable bonds is 6. The fraction of sp³-hybridized carbons (Fsp3) is 0.444. The largest absolute Gasteiger partial charge is 0.497 e. The number of methoxy groups -OCH3 is 1. The van der Waals surface area contributed by atoms with Crippen LogP contribution in [0.1, 0.15) is 37.8 Å². The number of amides is 3. The highest BCUT2D eigenvalue weighted by Crippen LogP contribution is 2.33. The van der Waals surface area contributed by atoms with Crippen LogP contribution in [-0.2, 0) is 4.79 Å². The van der Waals surface area contributed by atoms with Gasteiger partial charge in [0.25, 0.3) is 5.91 Å². The van der Waals surface area contributed by atoms with Crippen molar-refractivity contribution in [3.63, 3.8) is 0 Å². The lowest BCUT2D eigenvalue weighted by atomic mass is 9.96. The van der Waals surface area contributed by atoms with Gasteiger partial charge in [-0.15, -0.1) is 0 Å². The number of urea groups is 1. The van der Waals surface area contributed by atoms with Crippen molar-refractivity contribution in [2.45, 2.75) is 32.2 Å². The van der Waals surface area contributed by atoms with Gasteiger partial charge in [0.05, 0.1) is 31.0 Å². The Bertz CT molecular complexity index is 667. The topological polar surface area (TPSA) is 70.7 Å². The number of ether oxygens (including phenoxy) is 1. The number of hydrogen-bond donors (Lipinski definition) is 2. The Morgan fingerprint density at radius 3 is 2.62 bits per heavy atom. The highest BCUT2D eigenvalue weighted by atomic mass is 16.5. The summed E-state index contributed by atoms with van der Waals surface area (Å²) in [5.74, 6) is 0.751. The number of nitrogens with zero attached hydrogens (tertiary/aromatic N) is 1. The molecule has 0 aromatic heterocycles. The summed E-state index contributed by atoms with van der Waals surface area (Å²) in [6.07, 6.45) is 3.19. The first kappa shape index (κ1) is 16.4. The van der Waals surface area contributed by atoms with Crippen LogP contribution in [0.2, 0.25) is 0 Å². The average molecular weight is 329 g/mol. The van der Waals surface area contributed by atoms with Crippen LogP contribution in [0.25, 0.3) is 0 Å². The van der Waals surface area contributed by atoms with E-state index < -0.39 is 6.04 Å². The first-order chi connectivity index (χ1) is 11.6. The molecule has 0 bridgehead atoms. The number of carbonyl (C=O) groups is 2. The van der Waals surface area contributed by atoms with E-state index in [1.54, 1.807) is 7.11 Å². The lowest BCUT2D eigenvalue weighted by molar-refractivity contribution is -0.125. The molecule has 2 aliphatic heterocycles. The molecule has 3 amide bonds. The molecule has 2 heterocycles. The minimum Gasteiger partial charge on any atom is -0.497 e. The second kappa shape index (κ2) is 6.95. The molecule has 0 fully saturated rings. The molecule has 2 aliphatic rings. The molecule has 1 aromatic carbocycles. The van der Waals surface area contributed by atoms with Crippen molar-refractivity contribution in [2.24, 2.45) is 0 Å². The van der Waals surface area contributed by atoms with Crippen LogP contribution >= 0.6 is 0 Å². The summed E-state index contributed by atoms with van der Waals surface area (Å²) in [6, 6.07) is 6.75. The Balaban J connectivity index is 1.83. The van der Waals surface area contributed by atoms with Crippen LogP contribution in [-0.4, -0.2) is 37.0 Å². The standard InChI is InChI=1S/C18H23N3O3/c1-3-4-5-10-21-11-14-15(17(21)22)16(20-18(23)19-14)12-6-8-13(24-2)9-7-12/h6-9,16H,3-5,10-11H2,1-2H3,(H2,19,20,23)/t16-/m1/s1. The van der Waals surface area contributed by atoms with Gasteiger partial charge in [0.2, 0.25) is 0 Å². The number of unbranched alkanes of at least 4 members (excludes halogenated alkanes) is 2. The first-order valence-corrected chi connectivity index (χ1v) is 8.37. The second-order valence-corrected chi connectivity index (χ2v) is 6.13. The van der Waals surface area contributed by atoms with Crippen molar-refractivity contribution in [2.75, 3.05) is 20.2 Å². The summed E-state index contributed by atoms with van der Waals surface area (Å²) in [5.41, 5.74) is 2.25. The smallest absolute Gasteiger partial charge is 0.319 e.